The van der Waals surface area contributed by atoms with E-state index in [9.17, 15) is 4.79 Å². The van der Waals surface area contributed by atoms with Gasteiger partial charge in [0.25, 0.3) is 0 Å². The van der Waals surface area contributed by atoms with Gasteiger partial charge in [-0.25, -0.2) is 0 Å². The Balaban J connectivity index is 1.88. The molecule has 1 amide bonds. The van der Waals surface area contributed by atoms with E-state index in [1.165, 1.54) is 0 Å². The number of amides is 1. The number of nitrogens with one attached hydrogen (secondary N) is 2. The zero-order chi connectivity index (χ0) is 16.5. The highest BCUT2D eigenvalue weighted by atomic mass is 16.5. The van der Waals surface area contributed by atoms with E-state index in [0.29, 0.717) is 19.8 Å². The number of benzene rings is 1. The van der Waals surface area contributed by atoms with Gasteiger partial charge in [0.2, 0.25) is 5.91 Å². The van der Waals surface area contributed by atoms with Gasteiger partial charge in [0.15, 0.2) is 0 Å². The number of carbonyl (C=O) groups is 1. The van der Waals surface area contributed by atoms with E-state index >= 15 is 0 Å². The Hall–Kier alpha value is -1.59. The molecule has 1 saturated heterocycles. The van der Waals surface area contributed by atoms with Crippen molar-refractivity contribution in [1.82, 2.24) is 10.6 Å². The molecule has 1 aliphatic heterocycles. The molecule has 0 saturated carbocycles. The Morgan fingerprint density at radius 3 is 3.00 bits per heavy atom. The van der Waals surface area contributed by atoms with Crippen molar-refractivity contribution in [2.24, 2.45) is 5.92 Å². The van der Waals surface area contributed by atoms with Crippen LogP contribution in [0.25, 0.3) is 0 Å². The molecule has 0 radical (unpaired) electrons. The molecule has 1 fully saturated rings. The van der Waals surface area contributed by atoms with Gasteiger partial charge in [0.1, 0.15) is 5.75 Å². The van der Waals surface area contributed by atoms with Crippen LogP contribution < -0.4 is 15.4 Å². The van der Waals surface area contributed by atoms with Gasteiger partial charge in [-0.3, -0.25) is 4.79 Å². The zero-order valence-corrected chi connectivity index (χ0v) is 14.2. The molecule has 128 valence electrons. The molecule has 0 aliphatic carbocycles. The van der Waals surface area contributed by atoms with Gasteiger partial charge in [-0.15, -0.1) is 0 Å². The van der Waals surface area contributed by atoms with Crippen LogP contribution >= 0.6 is 0 Å². The molecule has 2 rings (SSSR count). The Morgan fingerprint density at radius 1 is 1.39 bits per heavy atom. The molecule has 1 atom stereocenters. The first kappa shape index (κ1) is 17.8. The van der Waals surface area contributed by atoms with Crippen molar-refractivity contribution in [1.29, 1.82) is 0 Å². The van der Waals surface area contributed by atoms with E-state index in [-0.39, 0.29) is 11.8 Å². The SMILES string of the molecule is COCCCOc1cc(C)ccc1CNC(=O)C1CCCNC1. The average molecular weight is 320 g/mol. The van der Waals surface area contributed by atoms with Crippen LogP contribution in [0.3, 0.4) is 0 Å². The monoisotopic (exact) mass is 320 g/mol. The predicted molar refractivity (Wildman–Crippen MR) is 90.6 cm³/mol. The summed E-state index contributed by atoms with van der Waals surface area (Å²) in [7, 11) is 1.69. The summed E-state index contributed by atoms with van der Waals surface area (Å²) in [5.41, 5.74) is 2.17. The highest BCUT2D eigenvalue weighted by molar-refractivity contribution is 5.79. The lowest BCUT2D eigenvalue weighted by Gasteiger charge is -2.22. The summed E-state index contributed by atoms with van der Waals surface area (Å²) in [6.45, 7) is 5.64. The maximum Gasteiger partial charge on any atom is 0.224 e. The van der Waals surface area contributed by atoms with Gasteiger partial charge in [0.05, 0.1) is 12.5 Å². The number of piperidine rings is 1. The molecular formula is C18H28N2O3. The van der Waals surface area contributed by atoms with Crippen LogP contribution in [-0.4, -0.2) is 39.3 Å². The Labute approximate surface area is 138 Å². The van der Waals surface area contributed by atoms with E-state index in [1.807, 2.05) is 25.1 Å². The first-order valence-electron chi connectivity index (χ1n) is 8.40. The number of aryl methyl sites for hydroxylation is 1. The molecule has 5 nitrogen and oxygen atoms in total. The Kier molecular flexibility index (Phi) is 7.36. The molecule has 0 bridgehead atoms. The second kappa shape index (κ2) is 9.53. The number of hydrogen-bond acceptors (Lipinski definition) is 4. The first-order chi connectivity index (χ1) is 11.2. The third kappa shape index (κ3) is 5.84. The van der Waals surface area contributed by atoms with Gasteiger partial charge in [-0.1, -0.05) is 12.1 Å². The maximum atomic E-state index is 12.2. The minimum atomic E-state index is 0.0836. The number of ether oxygens (including phenoxy) is 2. The van der Waals surface area contributed by atoms with Gasteiger partial charge >= 0.3 is 0 Å². The van der Waals surface area contributed by atoms with Crippen LogP contribution in [-0.2, 0) is 16.1 Å². The van der Waals surface area contributed by atoms with Gasteiger partial charge < -0.3 is 20.1 Å². The third-order valence-corrected chi connectivity index (χ3v) is 4.09. The predicted octanol–water partition coefficient (Wildman–Crippen LogP) is 2.03. The second-order valence-electron chi connectivity index (χ2n) is 6.07. The van der Waals surface area contributed by atoms with Crippen molar-refractivity contribution >= 4 is 5.91 Å². The van der Waals surface area contributed by atoms with Gasteiger partial charge in [-0.05, 0) is 37.9 Å². The standard InChI is InChI=1S/C18H28N2O3/c1-14-6-7-15(17(11-14)23-10-4-9-22-2)13-20-18(21)16-5-3-8-19-12-16/h6-7,11,16,19H,3-5,8-10,12-13H2,1-2H3,(H,20,21). The van der Waals surface area contributed by atoms with Crippen LogP contribution in [0.5, 0.6) is 5.75 Å². The molecule has 0 aromatic heterocycles. The topological polar surface area (TPSA) is 59.6 Å². The van der Waals surface area contributed by atoms with Gasteiger partial charge in [0, 0.05) is 38.8 Å². The van der Waals surface area contributed by atoms with Crippen molar-refractivity contribution in [2.75, 3.05) is 33.4 Å². The zero-order valence-electron chi connectivity index (χ0n) is 14.2. The molecular weight excluding hydrogens is 292 g/mol. The van der Waals surface area contributed by atoms with Crippen LogP contribution in [0.2, 0.25) is 0 Å². The lowest BCUT2D eigenvalue weighted by molar-refractivity contribution is -0.125. The number of methoxy groups -OCH3 is 1. The maximum absolute atomic E-state index is 12.2. The Morgan fingerprint density at radius 2 is 2.26 bits per heavy atom. The quantitative estimate of drug-likeness (QED) is 0.720. The minimum Gasteiger partial charge on any atom is -0.493 e. The van der Waals surface area contributed by atoms with Crippen LogP contribution in [0.4, 0.5) is 0 Å². The summed E-state index contributed by atoms with van der Waals surface area (Å²) in [4.78, 5) is 12.2. The fourth-order valence-electron chi connectivity index (χ4n) is 2.73. The molecule has 1 aromatic carbocycles. The summed E-state index contributed by atoms with van der Waals surface area (Å²) in [6.07, 6.45) is 2.88. The van der Waals surface area contributed by atoms with Gasteiger partial charge in [-0.2, -0.15) is 0 Å². The first-order valence-corrected chi connectivity index (χ1v) is 8.40. The van der Waals surface area contributed by atoms with Crippen molar-refractivity contribution in [3.8, 4) is 5.75 Å². The summed E-state index contributed by atoms with van der Waals surface area (Å²) in [6, 6.07) is 6.10. The lowest BCUT2D eigenvalue weighted by atomic mass is 9.99. The van der Waals surface area contributed by atoms with Crippen molar-refractivity contribution in [2.45, 2.75) is 32.7 Å². The fraction of sp³-hybridized carbons (Fsp3) is 0.611. The summed E-state index contributed by atoms with van der Waals surface area (Å²) >= 11 is 0. The molecule has 23 heavy (non-hydrogen) atoms. The third-order valence-electron chi connectivity index (χ3n) is 4.09. The summed E-state index contributed by atoms with van der Waals surface area (Å²) < 4.78 is 10.9. The number of hydrogen-bond donors (Lipinski definition) is 2. The molecule has 0 spiro atoms. The van der Waals surface area contributed by atoms with E-state index in [4.69, 9.17) is 9.47 Å². The van der Waals surface area contributed by atoms with E-state index in [2.05, 4.69) is 10.6 Å². The van der Waals surface area contributed by atoms with Crippen molar-refractivity contribution in [3.63, 3.8) is 0 Å². The normalized spacial score (nSPS) is 17.7. The smallest absolute Gasteiger partial charge is 0.224 e. The highest BCUT2D eigenvalue weighted by Crippen LogP contribution is 2.21. The molecule has 1 aromatic rings. The van der Waals surface area contributed by atoms with E-state index in [0.717, 1.165) is 49.2 Å². The van der Waals surface area contributed by atoms with E-state index in [1.54, 1.807) is 7.11 Å². The molecule has 1 unspecified atom stereocenters. The number of rotatable bonds is 8. The van der Waals surface area contributed by atoms with Crippen molar-refractivity contribution < 1.29 is 14.3 Å². The molecule has 1 heterocycles. The average Bonchev–Trinajstić information content (AvgIpc) is 2.58. The fourth-order valence-corrected chi connectivity index (χ4v) is 2.73. The highest BCUT2D eigenvalue weighted by Gasteiger charge is 2.20. The second-order valence-corrected chi connectivity index (χ2v) is 6.07. The number of carbonyl (C=O) groups excluding carboxylic acids is 1. The van der Waals surface area contributed by atoms with Crippen LogP contribution in [0.1, 0.15) is 30.4 Å². The Bertz CT molecular complexity index is 499. The molecule has 1 aliphatic rings. The largest absolute Gasteiger partial charge is 0.493 e. The minimum absolute atomic E-state index is 0.0836. The summed E-state index contributed by atoms with van der Waals surface area (Å²) in [5.74, 6) is 1.06. The van der Waals surface area contributed by atoms with E-state index < -0.39 is 0 Å². The summed E-state index contributed by atoms with van der Waals surface area (Å²) in [5, 5.41) is 6.32. The van der Waals surface area contributed by atoms with Crippen LogP contribution in [0, 0.1) is 12.8 Å². The van der Waals surface area contributed by atoms with Crippen molar-refractivity contribution in [3.05, 3.63) is 29.3 Å². The molecule has 5 heteroatoms. The lowest BCUT2D eigenvalue weighted by Crippen LogP contribution is -2.40. The molecule has 2 N–H and O–H groups in total. The van der Waals surface area contributed by atoms with Crippen LogP contribution in [0.15, 0.2) is 18.2 Å².